The number of halogens is 1. The summed E-state index contributed by atoms with van der Waals surface area (Å²) in [5, 5.41) is 7.35. The Morgan fingerprint density at radius 1 is 1.19 bits per heavy atom. The van der Waals surface area contributed by atoms with Crippen LogP contribution in [0.1, 0.15) is 18.1 Å². The van der Waals surface area contributed by atoms with Crippen LogP contribution in [0.4, 0.5) is 11.6 Å². The number of anilines is 2. The van der Waals surface area contributed by atoms with Gasteiger partial charge in [0.1, 0.15) is 0 Å². The normalized spacial score (nSPS) is 16.9. The summed E-state index contributed by atoms with van der Waals surface area (Å²) in [6.07, 6.45) is 2.61. The molecule has 4 N–H and O–H groups in total. The van der Waals surface area contributed by atoms with Crippen LogP contribution < -0.4 is 16.4 Å². The summed E-state index contributed by atoms with van der Waals surface area (Å²) >= 11 is 6.10. The zero-order valence-corrected chi connectivity index (χ0v) is 18.6. The minimum Gasteiger partial charge on any atom is -0.398 e. The number of piperazine rings is 1. The maximum Gasteiger partial charge on any atom is 0.223 e. The highest BCUT2D eigenvalue weighted by atomic mass is 35.5. The van der Waals surface area contributed by atoms with E-state index in [2.05, 4.69) is 51.7 Å². The van der Waals surface area contributed by atoms with Gasteiger partial charge in [-0.15, -0.1) is 0 Å². The number of rotatable bonds is 7. The van der Waals surface area contributed by atoms with Gasteiger partial charge >= 0.3 is 0 Å². The van der Waals surface area contributed by atoms with E-state index in [1.807, 2.05) is 24.3 Å². The van der Waals surface area contributed by atoms with Crippen LogP contribution in [0.2, 0.25) is 5.02 Å². The van der Waals surface area contributed by atoms with Crippen LogP contribution in [0.3, 0.4) is 0 Å². The number of aromatic nitrogens is 2. The van der Waals surface area contributed by atoms with Gasteiger partial charge in [0.15, 0.2) is 0 Å². The van der Waals surface area contributed by atoms with Crippen molar-refractivity contribution >= 4 is 23.2 Å². The lowest BCUT2D eigenvalue weighted by molar-refractivity contribution is 0.165. The first-order valence-electron chi connectivity index (χ1n) is 10.7. The summed E-state index contributed by atoms with van der Waals surface area (Å²) in [6.45, 7) is 7.11. The smallest absolute Gasteiger partial charge is 0.223 e. The van der Waals surface area contributed by atoms with Gasteiger partial charge in [-0.05, 0) is 48.7 Å². The highest BCUT2D eigenvalue weighted by Crippen LogP contribution is 2.22. The molecule has 4 rings (SSSR count). The summed E-state index contributed by atoms with van der Waals surface area (Å²) in [7, 11) is 0. The van der Waals surface area contributed by atoms with Gasteiger partial charge in [0.25, 0.3) is 0 Å². The Hall–Kier alpha value is -2.67. The lowest BCUT2D eigenvalue weighted by atomic mass is 10.1. The molecule has 1 saturated heterocycles. The standard InChI is InChI=1S/C24H29ClN6/c1-17-15-27-11-12-31(17)16-19-3-2-4-20(13-19)23-8-10-29-24(30-23)28-9-7-18-5-6-22(26)21(25)14-18/h2-6,8,10,13-14,17,27H,7,9,11-12,15-16,26H2,1H3,(H,28,29,30)/t17-/m0/s1. The van der Waals surface area contributed by atoms with Gasteiger partial charge in [0.2, 0.25) is 5.95 Å². The Balaban J connectivity index is 1.40. The molecular weight excluding hydrogens is 408 g/mol. The SMILES string of the molecule is C[C@H]1CNCCN1Cc1cccc(-c2ccnc(NCCc3ccc(N)c(Cl)c3)n2)c1. The predicted octanol–water partition coefficient (Wildman–Crippen LogP) is 3.83. The van der Waals surface area contributed by atoms with E-state index in [1.165, 1.54) is 5.56 Å². The summed E-state index contributed by atoms with van der Waals surface area (Å²) in [4.78, 5) is 11.6. The minimum absolute atomic E-state index is 0.545. The average molecular weight is 437 g/mol. The maximum atomic E-state index is 6.10. The predicted molar refractivity (Wildman–Crippen MR) is 128 cm³/mol. The molecule has 7 heteroatoms. The molecule has 0 spiro atoms. The molecular formula is C24H29ClN6. The Bertz CT molecular complexity index is 1020. The van der Waals surface area contributed by atoms with E-state index in [0.29, 0.717) is 29.2 Å². The molecule has 0 aliphatic carbocycles. The van der Waals surface area contributed by atoms with Gasteiger partial charge in [-0.1, -0.05) is 35.9 Å². The van der Waals surface area contributed by atoms with E-state index in [0.717, 1.165) is 49.4 Å². The first kappa shape index (κ1) is 21.6. The Kier molecular flexibility index (Phi) is 7.02. The molecule has 31 heavy (non-hydrogen) atoms. The van der Waals surface area contributed by atoms with E-state index >= 15 is 0 Å². The van der Waals surface area contributed by atoms with E-state index in [4.69, 9.17) is 22.3 Å². The van der Waals surface area contributed by atoms with E-state index in [1.54, 1.807) is 6.20 Å². The van der Waals surface area contributed by atoms with Crippen molar-refractivity contribution in [2.24, 2.45) is 0 Å². The summed E-state index contributed by atoms with van der Waals surface area (Å²) < 4.78 is 0. The molecule has 0 bridgehead atoms. The zero-order valence-electron chi connectivity index (χ0n) is 17.8. The third-order valence-electron chi connectivity index (χ3n) is 5.66. The molecule has 0 unspecified atom stereocenters. The monoisotopic (exact) mass is 436 g/mol. The molecule has 1 aliphatic heterocycles. The van der Waals surface area contributed by atoms with E-state index in [9.17, 15) is 0 Å². The van der Waals surface area contributed by atoms with Gasteiger partial charge < -0.3 is 16.4 Å². The molecule has 3 aromatic rings. The van der Waals surface area contributed by atoms with Gasteiger partial charge in [0, 0.05) is 50.5 Å². The van der Waals surface area contributed by atoms with Crippen LogP contribution in [-0.4, -0.2) is 47.1 Å². The minimum atomic E-state index is 0.545. The van der Waals surface area contributed by atoms with E-state index in [-0.39, 0.29) is 0 Å². The molecule has 2 heterocycles. The second-order valence-corrected chi connectivity index (χ2v) is 8.43. The Labute approximate surface area is 188 Å². The molecule has 1 aliphatic rings. The van der Waals surface area contributed by atoms with Gasteiger partial charge in [-0.2, -0.15) is 0 Å². The molecule has 0 radical (unpaired) electrons. The second kappa shape index (κ2) is 10.1. The fourth-order valence-electron chi connectivity index (χ4n) is 3.83. The van der Waals surface area contributed by atoms with Crippen molar-refractivity contribution in [3.8, 4) is 11.3 Å². The second-order valence-electron chi connectivity index (χ2n) is 8.02. The molecule has 2 aromatic carbocycles. The summed E-state index contributed by atoms with van der Waals surface area (Å²) in [5.41, 5.74) is 10.8. The van der Waals surface area contributed by atoms with Gasteiger partial charge in [0.05, 0.1) is 16.4 Å². The molecule has 1 aromatic heterocycles. The molecule has 1 atom stereocenters. The highest BCUT2D eigenvalue weighted by molar-refractivity contribution is 6.33. The zero-order chi connectivity index (χ0) is 21.6. The summed E-state index contributed by atoms with van der Waals surface area (Å²) in [6, 6.07) is 16.9. The third kappa shape index (κ3) is 5.73. The van der Waals surface area contributed by atoms with Crippen molar-refractivity contribution in [3.05, 3.63) is 70.9 Å². The number of hydrogen-bond donors (Lipinski definition) is 3. The highest BCUT2D eigenvalue weighted by Gasteiger charge is 2.18. The van der Waals surface area contributed by atoms with Gasteiger partial charge in [-0.25, -0.2) is 9.97 Å². The number of hydrogen-bond acceptors (Lipinski definition) is 6. The van der Waals surface area contributed by atoms with Crippen LogP contribution in [-0.2, 0) is 13.0 Å². The van der Waals surface area contributed by atoms with Crippen molar-refractivity contribution in [3.63, 3.8) is 0 Å². The fourth-order valence-corrected chi connectivity index (χ4v) is 4.03. The molecule has 0 amide bonds. The van der Waals surface area contributed by atoms with Crippen molar-refractivity contribution in [2.45, 2.75) is 25.9 Å². The Morgan fingerprint density at radius 2 is 2.10 bits per heavy atom. The van der Waals surface area contributed by atoms with Crippen LogP contribution in [0.5, 0.6) is 0 Å². The van der Waals surface area contributed by atoms with Crippen LogP contribution in [0.25, 0.3) is 11.3 Å². The summed E-state index contributed by atoms with van der Waals surface area (Å²) in [5.74, 6) is 0.625. The first-order valence-corrected chi connectivity index (χ1v) is 11.1. The van der Waals surface area contributed by atoms with Crippen molar-refractivity contribution in [2.75, 3.05) is 37.2 Å². The largest absolute Gasteiger partial charge is 0.398 e. The Morgan fingerprint density at radius 3 is 2.94 bits per heavy atom. The fraction of sp³-hybridized carbons (Fsp3) is 0.333. The number of nitrogens with one attached hydrogen (secondary N) is 2. The molecule has 6 nitrogen and oxygen atoms in total. The lowest BCUT2D eigenvalue weighted by Crippen LogP contribution is -2.49. The number of benzene rings is 2. The van der Waals surface area contributed by atoms with E-state index < -0.39 is 0 Å². The first-order chi connectivity index (χ1) is 15.1. The number of nitrogen functional groups attached to an aromatic ring is 1. The van der Waals surface area contributed by atoms with Gasteiger partial charge in [-0.3, -0.25) is 4.90 Å². The lowest BCUT2D eigenvalue weighted by Gasteiger charge is -2.33. The average Bonchev–Trinajstić information content (AvgIpc) is 2.78. The van der Waals surface area contributed by atoms with Crippen LogP contribution >= 0.6 is 11.6 Å². The third-order valence-corrected chi connectivity index (χ3v) is 5.99. The van der Waals surface area contributed by atoms with Crippen molar-refractivity contribution in [1.29, 1.82) is 0 Å². The molecule has 162 valence electrons. The maximum absolute atomic E-state index is 6.10. The number of nitrogens with zero attached hydrogens (tertiary/aromatic N) is 3. The molecule has 1 fully saturated rings. The number of nitrogens with two attached hydrogens (primary N) is 1. The topological polar surface area (TPSA) is 79.1 Å². The van der Waals surface area contributed by atoms with Crippen molar-refractivity contribution < 1.29 is 0 Å². The van der Waals surface area contributed by atoms with Crippen molar-refractivity contribution in [1.82, 2.24) is 20.2 Å². The molecule has 0 saturated carbocycles. The van der Waals surface area contributed by atoms with Crippen LogP contribution in [0.15, 0.2) is 54.7 Å². The van der Waals surface area contributed by atoms with Crippen LogP contribution in [0, 0.1) is 0 Å². The quantitative estimate of drug-likeness (QED) is 0.488.